The van der Waals surface area contributed by atoms with Crippen LogP contribution >= 0.6 is 0 Å². The number of phenolic OH excluding ortho intramolecular Hbond substituents is 1. The number of carbonyl (C=O) groups excluding carboxylic acids is 2. The van der Waals surface area contributed by atoms with Crippen molar-refractivity contribution in [1.29, 1.82) is 0 Å². The zero-order valence-electron chi connectivity index (χ0n) is 19.4. The highest BCUT2D eigenvalue weighted by Crippen LogP contribution is 2.66. The number of ether oxygens (including phenoxy) is 1. The number of piperidine rings is 1. The molecule has 5 atom stereocenters. The van der Waals surface area contributed by atoms with Crippen molar-refractivity contribution in [2.75, 3.05) is 13.1 Å². The van der Waals surface area contributed by atoms with Gasteiger partial charge < -0.3 is 14.9 Å². The summed E-state index contributed by atoms with van der Waals surface area (Å²) in [6.07, 6.45) is 4.31. The number of aliphatic hydroxyl groups is 1. The molecule has 35 heavy (non-hydrogen) atoms. The van der Waals surface area contributed by atoms with Crippen LogP contribution in [0.4, 0.5) is 0 Å². The van der Waals surface area contributed by atoms with E-state index in [2.05, 4.69) is 4.90 Å². The highest BCUT2D eigenvalue weighted by Gasteiger charge is 2.74. The van der Waals surface area contributed by atoms with E-state index in [1.807, 2.05) is 6.07 Å². The van der Waals surface area contributed by atoms with Crippen LogP contribution in [0.2, 0.25) is 0 Å². The molecule has 6 aliphatic rings. The van der Waals surface area contributed by atoms with Crippen molar-refractivity contribution in [1.82, 2.24) is 9.80 Å². The standard InChI is InChI=1S/C28H28N2O5/c31-20-8-7-16-13-21-28(34)10-9-19(30-25(32)17-3-1-2-4-18(17)26(30)33)24-27(28,22(16)23(20)35-24)11-12-29(21)14-15-5-6-15/h1-4,7-8,15,19,21,24,31,34H,5-6,9-14H2/t19?,21-,24?,27-,28+/m0/s1. The van der Waals surface area contributed by atoms with Crippen LogP contribution in [0.15, 0.2) is 36.4 Å². The van der Waals surface area contributed by atoms with Gasteiger partial charge in [0.1, 0.15) is 6.10 Å². The fourth-order valence-electron chi connectivity index (χ4n) is 8.23. The molecular formula is C28H28N2O5. The number of fused-ring (bicyclic) bond motifs is 1. The number of carbonyl (C=O) groups is 2. The molecule has 2 aromatic carbocycles. The van der Waals surface area contributed by atoms with Crippen LogP contribution < -0.4 is 4.74 Å². The number of aromatic hydroxyl groups is 1. The second-order valence-electron chi connectivity index (χ2n) is 11.4. The van der Waals surface area contributed by atoms with Gasteiger partial charge in [0.25, 0.3) is 11.8 Å². The molecule has 8 rings (SSSR count). The van der Waals surface area contributed by atoms with Crippen LogP contribution in [0.25, 0.3) is 0 Å². The summed E-state index contributed by atoms with van der Waals surface area (Å²) in [5.41, 5.74) is 1.09. The molecule has 3 aliphatic heterocycles. The van der Waals surface area contributed by atoms with Crippen molar-refractivity contribution in [3.63, 3.8) is 0 Å². The molecule has 1 spiro atoms. The Morgan fingerprint density at radius 2 is 1.74 bits per heavy atom. The van der Waals surface area contributed by atoms with Crippen molar-refractivity contribution in [3.8, 4) is 11.5 Å². The molecule has 2 aromatic rings. The monoisotopic (exact) mass is 472 g/mol. The summed E-state index contributed by atoms with van der Waals surface area (Å²) in [4.78, 5) is 30.8. The molecule has 3 fully saturated rings. The van der Waals surface area contributed by atoms with E-state index < -0.39 is 23.2 Å². The minimum atomic E-state index is -1.04. The van der Waals surface area contributed by atoms with E-state index in [-0.39, 0.29) is 23.6 Å². The fraction of sp³-hybridized carbons (Fsp3) is 0.500. The maximum absolute atomic E-state index is 13.5. The molecule has 3 aliphatic carbocycles. The molecule has 2 amide bonds. The molecular weight excluding hydrogens is 444 g/mol. The van der Waals surface area contributed by atoms with Gasteiger partial charge in [0.15, 0.2) is 11.5 Å². The zero-order chi connectivity index (χ0) is 23.7. The average Bonchev–Trinajstić information content (AvgIpc) is 3.54. The Kier molecular flexibility index (Phi) is 3.74. The number of phenols is 1. The molecule has 0 radical (unpaired) electrons. The van der Waals surface area contributed by atoms with Crippen molar-refractivity contribution < 1.29 is 24.5 Å². The zero-order valence-corrected chi connectivity index (χ0v) is 19.4. The summed E-state index contributed by atoms with van der Waals surface area (Å²) < 4.78 is 6.55. The Morgan fingerprint density at radius 1 is 1.00 bits per heavy atom. The van der Waals surface area contributed by atoms with Gasteiger partial charge in [-0.05, 0) is 74.8 Å². The Morgan fingerprint density at radius 3 is 2.46 bits per heavy atom. The third-order valence-corrected chi connectivity index (χ3v) is 9.89. The predicted octanol–water partition coefficient (Wildman–Crippen LogP) is 2.62. The summed E-state index contributed by atoms with van der Waals surface area (Å²) in [6, 6.07) is 10.1. The number of likely N-dealkylation sites (tertiary alicyclic amines) is 1. The van der Waals surface area contributed by atoms with E-state index >= 15 is 0 Å². The predicted molar refractivity (Wildman–Crippen MR) is 126 cm³/mol. The van der Waals surface area contributed by atoms with E-state index in [4.69, 9.17) is 4.74 Å². The van der Waals surface area contributed by atoms with E-state index in [0.29, 0.717) is 36.1 Å². The van der Waals surface area contributed by atoms with E-state index in [9.17, 15) is 19.8 Å². The Labute approximate surface area is 203 Å². The fourth-order valence-corrected chi connectivity index (χ4v) is 8.23. The first-order valence-corrected chi connectivity index (χ1v) is 12.9. The lowest BCUT2D eigenvalue weighted by Crippen LogP contribution is -2.78. The van der Waals surface area contributed by atoms with Crippen molar-refractivity contribution in [3.05, 3.63) is 58.7 Å². The van der Waals surface area contributed by atoms with Gasteiger partial charge in [-0.2, -0.15) is 0 Å². The topological polar surface area (TPSA) is 90.3 Å². The summed E-state index contributed by atoms with van der Waals surface area (Å²) in [6.45, 7) is 1.85. The molecule has 2 unspecified atom stereocenters. The number of imide groups is 1. The molecule has 7 heteroatoms. The van der Waals surface area contributed by atoms with Crippen LogP contribution in [0.5, 0.6) is 11.5 Å². The third-order valence-electron chi connectivity index (χ3n) is 9.89. The highest BCUT2D eigenvalue weighted by molar-refractivity contribution is 6.21. The Balaban J connectivity index is 1.28. The van der Waals surface area contributed by atoms with E-state index in [1.165, 1.54) is 17.7 Å². The van der Waals surface area contributed by atoms with Gasteiger partial charge >= 0.3 is 0 Å². The Hall–Kier alpha value is -2.90. The van der Waals surface area contributed by atoms with Gasteiger partial charge in [-0.1, -0.05) is 18.2 Å². The molecule has 2 saturated carbocycles. The molecule has 3 heterocycles. The number of nitrogens with zero attached hydrogens (tertiary/aromatic N) is 2. The van der Waals surface area contributed by atoms with Crippen LogP contribution in [0, 0.1) is 5.92 Å². The van der Waals surface area contributed by atoms with Crippen LogP contribution in [0.3, 0.4) is 0 Å². The number of hydrogen-bond donors (Lipinski definition) is 2. The van der Waals surface area contributed by atoms with Gasteiger partial charge in [0.2, 0.25) is 0 Å². The van der Waals surface area contributed by atoms with Crippen LogP contribution in [-0.2, 0) is 11.8 Å². The summed E-state index contributed by atoms with van der Waals surface area (Å²) >= 11 is 0. The number of amides is 2. The molecule has 2 bridgehead atoms. The molecule has 180 valence electrons. The van der Waals surface area contributed by atoms with Gasteiger partial charge in [-0.25, -0.2) is 0 Å². The van der Waals surface area contributed by atoms with Crippen molar-refractivity contribution in [2.24, 2.45) is 5.92 Å². The number of rotatable bonds is 3. The first kappa shape index (κ1) is 20.3. The van der Waals surface area contributed by atoms with Crippen molar-refractivity contribution in [2.45, 2.75) is 67.7 Å². The largest absolute Gasteiger partial charge is 0.504 e. The lowest BCUT2D eigenvalue weighted by molar-refractivity contribution is -0.196. The minimum Gasteiger partial charge on any atom is -0.504 e. The normalized spacial score (nSPS) is 36.7. The molecule has 0 aromatic heterocycles. The minimum absolute atomic E-state index is 0.0333. The lowest BCUT2D eigenvalue weighted by atomic mass is 9.48. The maximum atomic E-state index is 13.5. The van der Waals surface area contributed by atoms with Crippen molar-refractivity contribution >= 4 is 11.8 Å². The molecule has 2 N–H and O–H groups in total. The SMILES string of the molecule is O=C1c2ccccc2C(=O)N1C1CC[C@@]2(O)[C@@H]3Cc4ccc(O)c5c4[C@@]2(CCN3CC2CC2)C1O5. The summed E-state index contributed by atoms with van der Waals surface area (Å²) in [7, 11) is 0. The second-order valence-corrected chi connectivity index (χ2v) is 11.4. The second kappa shape index (κ2) is 6.45. The van der Waals surface area contributed by atoms with Gasteiger partial charge in [0.05, 0.1) is 28.2 Å². The van der Waals surface area contributed by atoms with Crippen LogP contribution in [0.1, 0.15) is 63.9 Å². The molecule has 7 nitrogen and oxygen atoms in total. The van der Waals surface area contributed by atoms with E-state index in [1.54, 1.807) is 30.3 Å². The maximum Gasteiger partial charge on any atom is 0.261 e. The molecule has 1 saturated heterocycles. The summed E-state index contributed by atoms with van der Waals surface area (Å²) in [5.74, 6) is 0.632. The summed E-state index contributed by atoms with van der Waals surface area (Å²) in [5, 5.41) is 23.4. The highest BCUT2D eigenvalue weighted by atomic mass is 16.5. The lowest BCUT2D eigenvalue weighted by Gasteiger charge is -2.64. The number of hydrogen-bond acceptors (Lipinski definition) is 6. The van der Waals surface area contributed by atoms with E-state index in [0.717, 1.165) is 36.6 Å². The van der Waals surface area contributed by atoms with Gasteiger partial charge in [0, 0.05) is 18.2 Å². The van der Waals surface area contributed by atoms with Crippen LogP contribution in [-0.4, -0.2) is 68.7 Å². The number of benzene rings is 2. The first-order chi connectivity index (χ1) is 16.9. The average molecular weight is 473 g/mol. The van der Waals surface area contributed by atoms with Gasteiger partial charge in [-0.3, -0.25) is 19.4 Å². The third kappa shape index (κ3) is 2.30. The first-order valence-electron chi connectivity index (χ1n) is 12.9. The Bertz CT molecular complexity index is 1290. The smallest absolute Gasteiger partial charge is 0.261 e. The van der Waals surface area contributed by atoms with Gasteiger partial charge in [-0.15, -0.1) is 0 Å². The quantitative estimate of drug-likeness (QED) is 0.668.